The van der Waals surface area contributed by atoms with Gasteiger partial charge in [-0.25, -0.2) is 4.79 Å². The molecular weight excluding hydrogens is 324 g/mol. The molecule has 0 radical (unpaired) electrons. The highest BCUT2D eigenvalue weighted by Crippen LogP contribution is 2.21. The minimum absolute atomic E-state index is 0.257. The van der Waals surface area contributed by atoms with Crippen LogP contribution in [0.5, 0.6) is 0 Å². The van der Waals surface area contributed by atoms with Crippen LogP contribution >= 0.6 is 15.9 Å². The molecule has 2 aromatic carbocycles. The molecule has 0 saturated carbocycles. The molecule has 0 aliphatic heterocycles. The molecule has 3 rings (SSSR count). The first-order valence-electron chi connectivity index (χ1n) is 5.82. The Morgan fingerprint density at radius 1 is 1.15 bits per heavy atom. The van der Waals surface area contributed by atoms with E-state index in [4.69, 9.17) is 4.42 Å². The fraction of sp³-hybridized carbons (Fsp3) is 0. The Bertz CT molecular complexity index is 833. The van der Waals surface area contributed by atoms with Crippen molar-refractivity contribution in [3.05, 3.63) is 63.1 Å². The highest BCUT2D eigenvalue weighted by molar-refractivity contribution is 9.10. The summed E-state index contributed by atoms with van der Waals surface area (Å²) in [5.41, 5.74) is 1.91. The molecule has 1 amide bonds. The molecule has 0 fully saturated rings. The van der Waals surface area contributed by atoms with Gasteiger partial charge in [0.2, 0.25) is 0 Å². The van der Waals surface area contributed by atoms with Crippen LogP contribution in [0, 0.1) is 0 Å². The van der Waals surface area contributed by atoms with E-state index in [9.17, 15) is 9.59 Å². The molecule has 0 aliphatic rings. The van der Waals surface area contributed by atoms with E-state index in [1.807, 2.05) is 0 Å². The molecule has 5 nitrogen and oxygen atoms in total. The number of halogens is 1. The first-order valence-corrected chi connectivity index (χ1v) is 6.61. The van der Waals surface area contributed by atoms with Crippen LogP contribution in [-0.4, -0.2) is 10.9 Å². The van der Waals surface area contributed by atoms with Gasteiger partial charge in [-0.15, -0.1) is 0 Å². The van der Waals surface area contributed by atoms with Crippen molar-refractivity contribution < 1.29 is 9.21 Å². The molecular formula is C14H9BrN2O3. The number of anilines is 1. The summed E-state index contributed by atoms with van der Waals surface area (Å²) in [7, 11) is 0. The third-order valence-corrected chi connectivity index (χ3v) is 3.34. The van der Waals surface area contributed by atoms with Crippen molar-refractivity contribution in [1.29, 1.82) is 0 Å². The minimum atomic E-state index is -0.551. The maximum Gasteiger partial charge on any atom is 0.417 e. The fourth-order valence-electron chi connectivity index (χ4n) is 1.87. The number of fused-ring (bicyclic) bond motifs is 1. The van der Waals surface area contributed by atoms with Gasteiger partial charge in [0.05, 0.1) is 5.69 Å². The lowest BCUT2D eigenvalue weighted by Gasteiger charge is -2.05. The van der Waals surface area contributed by atoms with Gasteiger partial charge in [0.15, 0.2) is 5.58 Å². The van der Waals surface area contributed by atoms with E-state index < -0.39 is 5.76 Å². The predicted molar refractivity (Wildman–Crippen MR) is 78.9 cm³/mol. The van der Waals surface area contributed by atoms with Crippen LogP contribution in [0.4, 0.5) is 5.69 Å². The Labute approximate surface area is 121 Å². The van der Waals surface area contributed by atoms with E-state index >= 15 is 0 Å². The van der Waals surface area contributed by atoms with Crippen molar-refractivity contribution in [2.45, 2.75) is 0 Å². The van der Waals surface area contributed by atoms with Crippen LogP contribution < -0.4 is 11.1 Å². The number of para-hydroxylation sites is 1. The number of nitrogens with one attached hydrogen (secondary N) is 2. The smallest absolute Gasteiger partial charge is 0.408 e. The van der Waals surface area contributed by atoms with Gasteiger partial charge in [-0.3, -0.25) is 9.78 Å². The Morgan fingerprint density at radius 2 is 1.90 bits per heavy atom. The number of H-pyrrole nitrogens is 1. The van der Waals surface area contributed by atoms with E-state index in [0.717, 1.165) is 4.47 Å². The Kier molecular flexibility index (Phi) is 3.15. The van der Waals surface area contributed by atoms with Gasteiger partial charge in [-0.1, -0.05) is 22.0 Å². The van der Waals surface area contributed by atoms with Gasteiger partial charge in [-0.05, 0) is 36.4 Å². The van der Waals surface area contributed by atoms with Gasteiger partial charge < -0.3 is 9.73 Å². The van der Waals surface area contributed by atoms with Gasteiger partial charge in [0, 0.05) is 10.0 Å². The van der Waals surface area contributed by atoms with Gasteiger partial charge in [0.25, 0.3) is 5.91 Å². The number of amides is 1. The number of aromatic amines is 1. The second-order valence-electron chi connectivity index (χ2n) is 4.15. The molecule has 1 heterocycles. The largest absolute Gasteiger partial charge is 0.417 e. The monoisotopic (exact) mass is 332 g/mol. The standard InChI is InChI=1S/C14H9BrN2O3/c15-9-6-4-8(5-7-9)13(18)16-10-2-1-3-11-12(10)17-14(19)20-11/h1-7H,(H,16,18)(H,17,19). The highest BCUT2D eigenvalue weighted by Gasteiger charge is 2.10. The van der Waals surface area contributed by atoms with Crippen molar-refractivity contribution in [2.75, 3.05) is 5.32 Å². The predicted octanol–water partition coefficient (Wildman–Crippen LogP) is 3.14. The van der Waals surface area contributed by atoms with Crippen molar-refractivity contribution in [1.82, 2.24) is 4.98 Å². The van der Waals surface area contributed by atoms with Crippen molar-refractivity contribution in [2.24, 2.45) is 0 Å². The van der Waals surface area contributed by atoms with E-state index in [1.165, 1.54) is 0 Å². The van der Waals surface area contributed by atoms with E-state index in [-0.39, 0.29) is 5.91 Å². The summed E-state index contributed by atoms with van der Waals surface area (Å²) in [5, 5.41) is 2.75. The quantitative estimate of drug-likeness (QED) is 0.757. The zero-order chi connectivity index (χ0) is 14.1. The van der Waals surface area contributed by atoms with E-state index in [2.05, 4.69) is 26.2 Å². The number of carbonyl (C=O) groups excluding carboxylic acids is 1. The van der Waals surface area contributed by atoms with Crippen LogP contribution in [-0.2, 0) is 0 Å². The summed E-state index contributed by atoms with van der Waals surface area (Å²) >= 11 is 3.31. The van der Waals surface area contributed by atoms with Crippen LogP contribution in [0.2, 0.25) is 0 Å². The summed E-state index contributed by atoms with van der Waals surface area (Å²) < 4.78 is 5.84. The SMILES string of the molecule is O=C(Nc1cccc2oc(=O)[nH]c12)c1ccc(Br)cc1. The van der Waals surface area contributed by atoms with E-state index in [1.54, 1.807) is 42.5 Å². The Balaban J connectivity index is 1.95. The normalized spacial score (nSPS) is 10.7. The summed E-state index contributed by atoms with van der Waals surface area (Å²) in [6, 6.07) is 12.0. The molecule has 0 bridgehead atoms. The number of carbonyl (C=O) groups is 1. The first-order chi connectivity index (χ1) is 9.63. The minimum Gasteiger partial charge on any atom is -0.408 e. The topological polar surface area (TPSA) is 75.1 Å². The molecule has 20 heavy (non-hydrogen) atoms. The maximum atomic E-state index is 12.1. The average molecular weight is 333 g/mol. The van der Waals surface area contributed by atoms with E-state index in [0.29, 0.717) is 22.4 Å². The van der Waals surface area contributed by atoms with Gasteiger partial charge in [0.1, 0.15) is 5.52 Å². The summed E-state index contributed by atoms with van der Waals surface area (Å²) in [6.45, 7) is 0. The number of hydrogen-bond donors (Lipinski definition) is 2. The number of rotatable bonds is 2. The number of benzene rings is 2. The van der Waals surface area contributed by atoms with Crippen molar-refractivity contribution in [3.63, 3.8) is 0 Å². The lowest BCUT2D eigenvalue weighted by Crippen LogP contribution is -2.12. The first kappa shape index (κ1) is 12.7. The average Bonchev–Trinajstić information content (AvgIpc) is 2.81. The van der Waals surface area contributed by atoms with Crippen LogP contribution in [0.15, 0.2) is 56.1 Å². The second kappa shape index (κ2) is 4.97. The lowest BCUT2D eigenvalue weighted by atomic mass is 10.2. The number of oxazole rings is 1. The maximum absolute atomic E-state index is 12.1. The van der Waals surface area contributed by atoms with Gasteiger partial charge in [-0.2, -0.15) is 0 Å². The summed E-state index contributed by atoms with van der Waals surface area (Å²) in [4.78, 5) is 25.9. The Morgan fingerprint density at radius 3 is 2.65 bits per heavy atom. The third-order valence-electron chi connectivity index (χ3n) is 2.81. The molecule has 3 aromatic rings. The molecule has 0 unspecified atom stereocenters. The molecule has 0 atom stereocenters. The zero-order valence-corrected chi connectivity index (χ0v) is 11.7. The van der Waals surface area contributed by atoms with Crippen molar-refractivity contribution in [3.8, 4) is 0 Å². The zero-order valence-electron chi connectivity index (χ0n) is 10.1. The second-order valence-corrected chi connectivity index (χ2v) is 5.07. The molecule has 6 heteroatoms. The summed E-state index contributed by atoms with van der Waals surface area (Å²) in [6.07, 6.45) is 0. The molecule has 100 valence electrons. The fourth-order valence-corrected chi connectivity index (χ4v) is 2.14. The molecule has 2 N–H and O–H groups in total. The lowest BCUT2D eigenvalue weighted by molar-refractivity contribution is 0.102. The van der Waals surface area contributed by atoms with Crippen LogP contribution in [0.25, 0.3) is 11.1 Å². The summed E-state index contributed by atoms with van der Waals surface area (Å²) in [5.74, 6) is -0.808. The third kappa shape index (κ3) is 2.37. The Hall–Kier alpha value is -2.34. The number of hydrogen-bond acceptors (Lipinski definition) is 3. The molecule has 1 aromatic heterocycles. The van der Waals surface area contributed by atoms with Gasteiger partial charge >= 0.3 is 5.76 Å². The molecule has 0 aliphatic carbocycles. The van der Waals surface area contributed by atoms with Crippen LogP contribution in [0.3, 0.4) is 0 Å². The van der Waals surface area contributed by atoms with Crippen molar-refractivity contribution >= 4 is 38.6 Å². The highest BCUT2D eigenvalue weighted by atomic mass is 79.9. The molecule has 0 saturated heterocycles. The number of aromatic nitrogens is 1. The molecule has 0 spiro atoms. The van der Waals surface area contributed by atoms with Crippen LogP contribution in [0.1, 0.15) is 10.4 Å².